The fraction of sp³-hybridized carbons (Fsp3) is 0.333. The van der Waals surface area contributed by atoms with E-state index in [4.69, 9.17) is 0 Å². The second kappa shape index (κ2) is 9.03. The van der Waals surface area contributed by atoms with Gasteiger partial charge in [0.25, 0.3) is 11.8 Å². The van der Waals surface area contributed by atoms with E-state index >= 15 is 0 Å². The van der Waals surface area contributed by atoms with E-state index in [1.54, 1.807) is 31.2 Å². The van der Waals surface area contributed by atoms with Crippen LogP contribution >= 0.6 is 0 Å². The monoisotopic (exact) mass is 405 g/mol. The number of hydrogen-bond acceptors (Lipinski definition) is 4. The molecule has 0 bridgehead atoms. The van der Waals surface area contributed by atoms with Crippen molar-refractivity contribution in [3.8, 4) is 0 Å². The number of para-hydroxylation sites is 2. The Morgan fingerprint density at radius 1 is 1.10 bits per heavy atom. The van der Waals surface area contributed by atoms with Crippen molar-refractivity contribution in [3.05, 3.63) is 59.7 Å². The second-order valence-corrected chi connectivity index (χ2v) is 7.52. The number of carbonyl (C=O) groups is 3. The summed E-state index contributed by atoms with van der Waals surface area (Å²) in [7, 11) is 0. The molecule has 30 heavy (non-hydrogen) atoms. The third-order valence-corrected chi connectivity index (χ3v) is 5.56. The number of ketones is 1. The van der Waals surface area contributed by atoms with Gasteiger partial charge in [0, 0.05) is 5.69 Å². The predicted octanol–water partition coefficient (Wildman–Crippen LogP) is 4.31. The molecule has 1 aliphatic rings. The Kier molecular flexibility index (Phi) is 6.45. The van der Waals surface area contributed by atoms with E-state index in [9.17, 15) is 14.4 Å². The number of rotatable bonds is 7. The fourth-order valence-corrected chi connectivity index (χ4v) is 3.63. The Hall–Kier alpha value is -3.28. The Morgan fingerprint density at radius 3 is 2.43 bits per heavy atom. The zero-order chi connectivity index (χ0) is 21.8. The van der Waals surface area contributed by atoms with Gasteiger partial charge in [0.1, 0.15) is 5.92 Å². The predicted molar refractivity (Wildman–Crippen MR) is 119 cm³/mol. The molecule has 2 aromatic carbocycles. The number of anilines is 2. The topological polar surface area (TPSA) is 78.8 Å². The standard InChI is InChI=1S/C24H27N3O3/c1-5-15(3)19-14-10-11-17(6-2)21(19)25-23(29)22(28)20-16(4)26-27(24(20)30)18-12-8-7-9-13-18/h7-15,20H,5-6H2,1-4H3,(H,25,29)/t15-,20-/m0/s1. The average molecular weight is 405 g/mol. The molecule has 3 rings (SSSR count). The Balaban J connectivity index is 1.85. The van der Waals surface area contributed by atoms with Crippen LogP contribution in [0.1, 0.15) is 51.2 Å². The quantitative estimate of drug-likeness (QED) is 0.551. The van der Waals surface area contributed by atoms with Crippen LogP contribution in [0.5, 0.6) is 0 Å². The third kappa shape index (κ3) is 4.03. The number of Topliss-reactive ketones (excluding diaryl/α,β-unsaturated/α-hetero) is 1. The van der Waals surface area contributed by atoms with E-state index in [0.717, 1.165) is 24.0 Å². The highest BCUT2D eigenvalue weighted by molar-refractivity contribution is 6.50. The highest BCUT2D eigenvalue weighted by atomic mass is 16.2. The number of carbonyl (C=O) groups excluding carboxylic acids is 3. The SMILES string of the molecule is CCc1cccc([C@@H](C)CC)c1NC(=O)C(=O)[C@H]1C(=O)N(c2ccccc2)N=C1C. The van der Waals surface area contributed by atoms with Crippen LogP contribution in [0, 0.1) is 5.92 Å². The van der Waals surface area contributed by atoms with Crippen LogP contribution in [0.2, 0.25) is 0 Å². The summed E-state index contributed by atoms with van der Waals surface area (Å²) in [5.74, 6) is -3.06. The summed E-state index contributed by atoms with van der Waals surface area (Å²) in [5, 5.41) is 8.22. The molecule has 6 heteroatoms. The molecule has 1 heterocycles. The van der Waals surface area contributed by atoms with Gasteiger partial charge in [0.2, 0.25) is 5.78 Å². The maximum atomic E-state index is 13.0. The third-order valence-electron chi connectivity index (χ3n) is 5.56. The van der Waals surface area contributed by atoms with Crippen molar-refractivity contribution in [2.24, 2.45) is 11.0 Å². The summed E-state index contributed by atoms with van der Waals surface area (Å²) in [5.41, 5.74) is 3.51. The van der Waals surface area contributed by atoms with E-state index in [1.807, 2.05) is 31.2 Å². The van der Waals surface area contributed by atoms with Crippen molar-refractivity contribution in [2.45, 2.75) is 46.5 Å². The van der Waals surface area contributed by atoms with Gasteiger partial charge in [0.05, 0.1) is 11.4 Å². The van der Waals surface area contributed by atoms with Crippen molar-refractivity contribution in [2.75, 3.05) is 10.3 Å². The number of amides is 2. The van der Waals surface area contributed by atoms with E-state index in [2.05, 4.69) is 24.3 Å². The maximum Gasteiger partial charge on any atom is 0.293 e. The molecule has 6 nitrogen and oxygen atoms in total. The molecule has 1 aliphatic heterocycles. The first-order valence-electron chi connectivity index (χ1n) is 10.3. The minimum Gasteiger partial charge on any atom is -0.319 e. The largest absolute Gasteiger partial charge is 0.319 e. The van der Waals surface area contributed by atoms with Gasteiger partial charge in [-0.2, -0.15) is 10.1 Å². The molecular weight excluding hydrogens is 378 g/mol. The van der Waals surface area contributed by atoms with Crippen molar-refractivity contribution < 1.29 is 14.4 Å². The maximum absolute atomic E-state index is 13.0. The first kappa shape index (κ1) is 21.4. The molecule has 0 saturated heterocycles. The van der Waals surface area contributed by atoms with Gasteiger partial charge in [-0.15, -0.1) is 0 Å². The summed E-state index contributed by atoms with van der Waals surface area (Å²) < 4.78 is 0. The van der Waals surface area contributed by atoms with Gasteiger partial charge in [-0.05, 0) is 48.9 Å². The summed E-state index contributed by atoms with van der Waals surface area (Å²) in [6.45, 7) is 7.76. The van der Waals surface area contributed by atoms with E-state index in [-0.39, 0.29) is 5.92 Å². The molecule has 0 saturated carbocycles. The van der Waals surface area contributed by atoms with Crippen molar-refractivity contribution in [1.82, 2.24) is 0 Å². The fourth-order valence-electron chi connectivity index (χ4n) is 3.63. The summed E-state index contributed by atoms with van der Waals surface area (Å²) >= 11 is 0. The lowest BCUT2D eigenvalue weighted by atomic mass is 9.93. The highest BCUT2D eigenvalue weighted by Crippen LogP contribution is 2.31. The first-order valence-corrected chi connectivity index (χ1v) is 10.3. The van der Waals surface area contributed by atoms with Gasteiger partial charge in [-0.25, -0.2) is 0 Å². The minimum atomic E-state index is -1.20. The van der Waals surface area contributed by atoms with Crippen molar-refractivity contribution >= 4 is 34.7 Å². The van der Waals surface area contributed by atoms with E-state index < -0.39 is 23.5 Å². The van der Waals surface area contributed by atoms with Gasteiger partial charge >= 0.3 is 0 Å². The lowest BCUT2D eigenvalue weighted by molar-refractivity contribution is -0.138. The van der Waals surface area contributed by atoms with E-state index in [0.29, 0.717) is 17.1 Å². The molecule has 156 valence electrons. The summed E-state index contributed by atoms with van der Waals surface area (Å²) in [4.78, 5) is 38.7. The van der Waals surface area contributed by atoms with Crippen LogP contribution < -0.4 is 10.3 Å². The summed E-state index contributed by atoms with van der Waals surface area (Å²) in [6.07, 6.45) is 1.63. The smallest absolute Gasteiger partial charge is 0.293 e. The molecular formula is C24H27N3O3. The molecule has 2 atom stereocenters. The van der Waals surface area contributed by atoms with Gasteiger partial charge in [-0.1, -0.05) is 57.2 Å². The van der Waals surface area contributed by atoms with Gasteiger partial charge in [0.15, 0.2) is 0 Å². The van der Waals surface area contributed by atoms with Crippen LogP contribution in [0.4, 0.5) is 11.4 Å². The molecule has 2 amide bonds. The van der Waals surface area contributed by atoms with Crippen molar-refractivity contribution in [3.63, 3.8) is 0 Å². The molecule has 1 N–H and O–H groups in total. The van der Waals surface area contributed by atoms with Crippen molar-refractivity contribution in [1.29, 1.82) is 0 Å². The molecule has 2 aromatic rings. The van der Waals surface area contributed by atoms with E-state index in [1.165, 1.54) is 5.01 Å². The molecule has 0 radical (unpaired) electrons. The van der Waals surface area contributed by atoms with Crippen LogP contribution in [-0.2, 0) is 20.8 Å². The summed E-state index contributed by atoms with van der Waals surface area (Å²) in [6, 6.07) is 14.7. The number of benzene rings is 2. The molecule has 0 spiro atoms. The molecule has 0 unspecified atom stereocenters. The lowest BCUT2D eigenvalue weighted by Crippen LogP contribution is -2.39. The average Bonchev–Trinajstić information content (AvgIpc) is 3.07. The van der Waals surface area contributed by atoms with Gasteiger partial charge < -0.3 is 5.32 Å². The zero-order valence-electron chi connectivity index (χ0n) is 17.8. The number of aryl methyl sites for hydroxylation is 1. The zero-order valence-corrected chi connectivity index (χ0v) is 17.8. The van der Waals surface area contributed by atoms with Gasteiger partial charge in [-0.3, -0.25) is 14.4 Å². The highest BCUT2D eigenvalue weighted by Gasteiger charge is 2.42. The van der Waals surface area contributed by atoms with Crippen LogP contribution in [0.3, 0.4) is 0 Å². The number of hydrogen-bond donors (Lipinski definition) is 1. The number of hydrazone groups is 1. The Bertz CT molecular complexity index is 998. The first-order chi connectivity index (χ1) is 14.4. The Labute approximate surface area is 177 Å². The number of nitrogens with zero attached hydrogens (tertiary/aromatic N) is 2. The normalized spacial score (nSPS) is 16.9. The Morgan fingerprint density at radius 2 is 1.80 bits per heavy atom. The lowest BCUT2D eigenvalue weighted by Gasteiger charge is -2.19. The van der Waals surface area contributed by atoms with Crippen LogP contribution in [0.15, 0.2) is 53.6 Å². The van der Waals surface area contributed by atoms with Crippen LogP contribution in [0.25, 0.3) is 0 Å². The minimum absolute atomic E-state index is 0.229. The van der Waals surface area contributed by atoms with Crippen LogP contribution in [-0.4, -0.2) is 23.3 Å². The molecule has 0 aliphatic carbocycles. The molecule has 0 fully saturated rings. The second-order valence-electron chi connectivity index (χ2n) is 7.52. The molecule has 0 aromatic heterocycles. The number of nitrogens with one attached hydrogen (secondary N) is 1.